The molecule has 0 amide bonds. The van der Waals surface area contributed by atoms with Gasteiger partial charge in [-0.3, -0.25) is 4.99 Å². The maximum atomic E-state index is 5.34. The van der Waals surface area contributed by atoms with Crippen molar-refractivity contribution in [2.75, 3.05) is 46.9 Å². The summed E-state index contributed by atoms with van der Waals surface area (Å²) in [4.78, 5) is 7.45. The normalized spacial score (nSPS) is 20.4. The summed E-state index contributed by atoms with van der Waals surface area (Å²) in [6.45, 7) is 6.87. The van der Waals surface area contributed by atoms with Crippen LogP contribution in [0, 0.1) is 5.41 Å². The van der Waals surface area contributed by atoms with E-state index < -0.39 is 0 Å². The van der Waals surface area contributed by atoms with E-state index >= 15 is 0 Å². The number of ether oxygens (including phenoxy) is 1. The van der Waals surface area contributed by atoms with Crippen LogP contribution in [0.1, 0.15) is 64.7 Å². The van der Waals surface area contributed by atoms with Gasteiger partial charge in [0, 0.05) is 45.9 Å². The van der Waals surface area contributed by atoms with Crippen molar-refractivity contribution in [1.82, 2.24) is 15.5 Å². The van der Waals surface area contributed by atoms with Crippen LogP contribution in [0.15, 0.2) is 4.99 Å². The number of nitrogens with one attached hydrogen (secondary N) is 2. The molecule has 2 saturated carbocycles. The molecular formula is C20H41IN4O. The van der Waals surface area contributed by atoms with Crippen molar-refractivity contribution in [3.63, 3.8) is 0 Å². The Balaban J connectivity index is 0.00000338. The van der Waals surface area contributed by atoms with Gasteiger partial charge in [0.05, 0.1) is 0 Å². The largest absolute Gasteiger partial charge is 0.385 e. The average Bonchev–Trinajstić information content (AvgIpc) is 3.30. The van der Waals surface area contributed by atoms with E-state index in [-0.39, 0.29) is 24.0 Å². The first-order valence-electron chi connectivity index (χ1n) is 10.4. The Morgan fingerprint density at radius 3 is 2.46 bits per heavy atom. The van der Waals surface area contributed by atoms with Crippen LogP contribution in [-0.2, 0) is 4.74 Å². The Morgan fingerprint density at radius 2 is 1.85 bits per heavy atom. The smallest absolute Gasteiger partial charge is 0.191 e. The van der Waals surface area contributed by atoms with Gasteiger partial charge in [-0.1, -0.05) is 25.7 Å². The van der Waals surface area contributed by atoms with Gasteiger partial charge in [-0.15, -0.1) is 24.0 Å². The Hall–Kier alpha value is -0.0800. The van der Waals surface area contributed by atoms with Gasteiger partial charge in [-0.25, -0.2) is 0 Å². The fraction of sp³-hybridized carbons (Fsp3) is 0.950. The Labute approximate surface area is 178 Å². The van der Waals surface area contributed by atoms with Gasteiger partial charge in [-0.05, 0) is 51.5 Å². The molecule has 5 nitrogen and oxygen atoms in total. The maximum Gasteiger partial charge on any atom is 0.191 e. The second kappa shape index (κ2) is 13.2. The summed E-state index contributed by atoms with van der Waals surface area (Å²) in [6.07, 6.45) is 11.9. The first kappa shape index (κ1) is 24.0. The van der Waals surface area contributed by atoms with Gasteiger partial charge < -0.3 is 20.3 Å². The Bertz CT molecular complexity index is 393. The molecule has 0 heterocycles. The number of halogens is 1. The number of methoxy groups -OCH3 is 1. The van der Waals surface area contributed by atoms with Gasteiger partial charge in [0.2, 0.25) is 0 Å². The number of hydrogen-bond acceptors (Lipinski definition) is 3. The van der Waals surface area contributed by atoms with Crippen molar-refractivity contribution in [1.29, 1.82) is 0 Å². The molecule has 0 spiro atoms. The fourth-order valence-corrected chi connectivity index (χ4v) is 4.40. The third-order valence-corrected chi connectivity index (χ3v) is 6.12. The number of guanidine groups is 1. The lowest BCUT2D eigenvalue weighted by molar-refractivity contribution is 0.141. The second-order valence-electron chi connectivity index (χ2n) is 7.99. The molecule has 0 saturated heterocycles. The van der Waals surface area contributed by atoms with Crippen LogP contribution >= 0.6 is 24.0 Å². The number of rotatable bonds is 10. The molecule has 26 heavy (non-hydrogen) atoms. The van der Waals surface area contributed by atoms with Crippen LogP contribution in [-0.4, -0.2) is 63.8 Å². The molecule has 0 radical (unpaired) electrons. The number of aliphatic imine (C=N–C) groups is 1. The summed E-state index contributed by atoms with van der Waals surface area (Å²) in [5.41, 5.74) is 0.360. The summed E-state index contributed by atoms with van der Waals surface area (Å²) in [5.74, 6) is 0.978. The monoisotopic (exact) mass is 480 g/mol. The van der Waals surface area contributed by atoms with Crippen LogP contribution in [0.3, 0.4) is 0 Å². The zero-order valence-electron chi connectivity index (χ0n) is 17.2. The Morgan fingerprint density at radius 1 is 1.15 bits per heavy atom. The fourth-order valence-electron chi connectivity index (χ4n) is 4.40. The lowest BCUT2D eigenvalue weighted by atomic mass is 9.83. The molecule has 0 aliphatic heterocycles. The van der Waals surface area contributed by atoms with Crippen LogP contribution in [0.4, 0.5) is 0 Å². The summed E-state index contributed by atoms with van der Waals surface area (Å²) in [5, 5.41) is 6.95. The summed E-state index contributed by atoms with van der Waals surface area (Å²) < 4.78 is 5.34. The highest BCUT2D eigenvalue weighted by Gasteiger charge is 2.33. The van der Waals surface area contributed by atoms with Gasteiger partial charge in [0.15, 0.2) is 5.96 Å². The molecule has 0 aromatic carbocycles. The van der Waals surface area contributed by atoms with Crippen LogP contribution in [0.25, 0.3) is 0 Å². The molecule has 154 valence electrons. The molecule has 2 fully saturated rings. The first-order chi connectivity index (χ1) is 12.2. The third-order valence-electron chi connectivity index (χ3n) is 6.12. The highest BCUT2D eigenvalue weighted by molar-refractivity contribution is 14.0. The number of likely N-dealkylation sites (N-methyl/N-ethyl adjacent to an activating group) is 1. The van der Waals surface area contributed by atoms with Gasteiger partial charge in [0.25, 0.3) is 0 Å². The minimum absolute atomic E-state index is 0. The average molecular weight is 480 g/mol. The van der Waals surface area contributed by atoms with Crippen molar-refractivity contribution in [2.24, 2.45) is 10.4 Å². The van der Waals surface area contributed by atoms with Crippen LogP contribution in [0.5, 0.6) is 0 Å². The van der Waals surface area contributed by atoms with Crippen molar-refractivity contribution in [2.45, 2.75) is 70.8 Å². The topological polar surface area (TPSA) is 48.9 Å². The quantitative estimate of drug-likeness (QED) is 0.285. The van der Waals surface area contributed by atoms with Crippen molar-refractivity contribution < 1.29 is 4.74 Å². The number of hydrogen-bond donors (Lipinski definition) is 2. The van der Waals surface area contributed by atoms with E-state index in [9.17, 15) is 0 Å². The standard InChI is InChI=1S/C20H40N4O.HI/c1-4-21-19(22-14-15-24(2)18-9-5-6-10-18)23-17-20(13-16-25-3)11-7-8-12-20;/h18H,4-17H2,1-3H3,(H2,21,22,23);1H. The van der Waals surface area contributed by atoms with E-state index in [4.69, 9.17) is 9.73 Å². The third kappa shape index (κ3) is 7.89. The first-order valence-corrected chi connectivity index (χ1v) is 10.4. The van der Waals surface area contributed by atoms with Gasteiger partial charge in [0.1, 0.15) is 0 Å². The van der Waals surface area contributed by atoms with E-state index in [0.717, 1.165) is 51.2 Å². The second-order valence-corrected chi connectivity index (χ2v) is 7.99. The molecule has 6 heteroatoms. The van der Waals surface area contributed by atoms with E-state index in [1.165, 1.54) is 51.4 Å². The molecule has 0 unspecified atom stereocenters. The molecule has 2 aliphatic carbocycles. The van der Waals surface area contributed by atoms with Crippen LogP contribution < -0.4 is 10.6 Å². The predicted molar refractivity (Wildman–Crippen MR) is 122 cm³/mol. The molecule has 0 bridgehead atoms. The lowest BCUT2D eigenvalue weighted by Crippen LogP contribution is -2.43. The molecule has 0 aromatic rings. The van der Waals surface area contributed by atoms with Gasteiger partial charge in [-0.2, -0.15) is 0 Å². The summed E-state index contributed by atoms with van der Waals surface area (Å²) in [7, 11) is 4.07. The lowest BCUT2D eigenvalue weighted by Gasteiger charge is -2.27. The molecule has 0 atom stereocenters. The SMILES string of the molecule is CCNC(=NCC1(CCOC)CCCC1)NCCN(C)C1CCCC1.I. The zero-order chi connectivity index (χ0) is 18.0. The van der Waals surface area contributed by atoms with Crippen molar-refractivity contribution in [3.8, 4) is 0 Å². The molecule has 2 rings (SSSR count). The summed E-state index contributed by atoms with van der Waals surface area (Å²) in [6, 6.07) is 0.789. The molecule has 2 N–H and O–H groups in total. The molecular weight excluding hydrogens is 439 g/mol. The Kier molecular flexibility index (Phi) is 12.1. The van der Waals surface area contributed by atoms with E-state index in [0.29, 0.717) is 5.41 Å². The summed E-state index contributed by atoms with van der Waals surface area (Å²) >= 11 is 0. The highest BCUT2D eigenvalue weighted by Crippen LogP contribution is 2.41. The maximum absolute atomic E-state index is 5.34. The predicted octanol–water partition coefficient (Wildman–Crippen LogP) is 3.63. The highest BCUT2D eigenvalue weighted by atomic mass is 127. The van der Waals surface area contributed by atoms with E-state index in [1.54, 1.807) is 7.11 Å². The number of nitrogens with zero attached hydrogens (tertiary/aromatic N) is 2. The van der Waals surface area contributed by atoms with Crippen LogP contribution in [0.2, 0.25) is 0 Å². The van der Waals surface area contributed by atoms with Crippen molar-refractivity contribution in [3.05, 3.63) is 0 Å². The minimum atomic E-state index is 0. The van der Waals surface area contributed by atoms with E-state index in [1.807, 2.05) is 0 Å². The van der Waals surface area contributed by atoms with E-state index in [2.05, 4.69) is 29.5 Å². The minimum Gasteiger partial charge on any atom is -0.385 e. The zero-order valence-corrected chi connectivity index (χ0v) is 19.5. The molecule has 2 aliphatic rings. The van der Waals surface area contributed by atoms with Gasteiger partial charge >= 0.3 is 0 Å². The van der Waals surface area contributed by atoms with Crippen molar-refractivity contribution >= 4 is 29.9 Å². The molecule has 0 aromatic heterocycles.